The average molecular weight is 496 g/mol. The number of nitrogens with zero attached hydrogens (tertiary/aromatic N) is 3. The summed E-state index contributed by atoms with van der Waals surface area (Å²) in [6, 6.07) is 7.41. The zero-order valence-corrected chi connectivity index (χ0v) is 19.5. The van der Waals surface area contributed by atoms with Gasteiger partial charge in [0.1, 0.15) is 12.4 Å². The van der Waals surface area contributed by atoms with E-state index in [2.05, 4.69) is 37.1 Å². The van der Waals surface area contributed by atoms with Crippen LogP contribution in [0.4, 0.5) is 10.3 Å². The molecular formula is C24H25FN6O5. The first-order valence-corrected chi connectivity index (χ1v) is 11.1. The number of carboxylic acid groups (broad SMARTS) is 1. The topological polar surface area (TPSA) is 151 Å². The molecule has 1 amide bonds. The number of amides is 1. The van der Waals surface area contributed by atoms with Crippen molar-refractivity contribution >= 4 is 17.8 Å². The summed E-state index contributed by atoms with van der Waals surface area (Å²) in [5, 5.41) is 14.3. The van der Waals surface area contributed by atoms with E-state index < -0.39 is 23.5 Å². The van der Waals surface area contributed by atoms with Crippen LogP contribution in [0.15, 0.2) is 49.2 Å². The fourth-order valence-corrected chi connectivity index (χ4v) is 3.52. The number of ether oxygens (including phenoxy) is 2. The number of nitrogens with one attached hydrogen (secondary N) is 3. The third kappa shape index (κ3) is 5.56. The number of aromatic nitrogens is 4. The molecule has 1 aliphatic rings. The highest BCUT2D eigenvalue weighted by Crippen LogP contribution is 2.35. The Morgan fingerprint density at radius 1 is 1.25 bits per heavy atom. The number of aliphatic carboxylic acids is 1. The molecule has 3 heterocycles. The Bertz CT molecular complexity index is 1250. The largest absolute Gasteiger partial charge is 0.480 e. The van der Waals surface area contributed by atoms with Gasteiger partial charge in [-0.25, -0.2) is 19.3 Å². The predicted molar refractivity (Wildman–Crippen MR) is 127 cm³/mol. The molecule has 0 bridgehead atoms. The van der Waals surface area contributed by atoms with E-state index in [1.807, 2.05) is 0 Å². The first kappa shape index (κ1) is 24.9. The highest BCUT2D eigenvalue weighted by atomic mass is 19.1. The molecule has 4 rings (SSSR count). The number of aromatic amines is 1. The highest BCUT2D eigenvalue weighted by molar-refractivity contribution is 5.82. The third-order valence-corrected chi connectivity index (χ3v) is 5.43. The molecule has 4 N–H and O–H groups in total. The van der Waals surface area contributed by atoms with Crippen molar-refractivity contribution < 1.29 is 28.6 Å². The number of carbonyl (C=O) groups excluding carboxylic acids is 1. The molecule has 0 radical (unpaired) electrons. The van der Waals surface area contributed by atoms with E-state index in [4.69, 9.17) is 14.6 Å². The van der Waals surface area contributed by atoms with Crippen molar-refractivity contribution in [3.8, 4) is 22.6 Å². The lowest BCUT2D eigenvalue weighted by atomic mass is 9.91. The van der Waals surface area contributed by atoms with Gasteiger partial charge in [0, 0.05) is 18.3 Å². The molecule has 2 aromatic heterocycles. The van der Waals surface area contributed by atoms with E-state index in [0.717, 1.165) is 0 Å². The first-order chi connectivity index (χ1) is 17.3. The van der Waals surface area contributed by atoms with Crippen LogP contribution in [0.5, 0.6) is 0 Å². The molecular weight excluding hydrogens is 471 g/mol. The van der Waals surface area contributed by atoms with Crippen molar-refractivity contribution in [3.63, 3.8) is 0 Å². The summed E-state index contributed by atoms with van der Waals surface area (Å²) in [6.45, 7) is 5.51. The Morgan fingerprint density at radius 3 is 2.64 bits per heavy atom. The summed E-state index contributed by atoms with van der Waals surface area (Å²) in [5.41, 5.74) is 1.07. The van der Waals surface area contributed by atoms with Gasteiger partial charge in [0.15, 0.2) is 5.82 Å². The summed E-state index contributed by atoms with van der Waals surface area (Å²) >= 11 is 0. The van der Waals surface area contributed by atoms with Crippen molar-refractivity contribution in [2.75, 3.05) is 31.6 Å². The molecule has 3 aromatic rings. The van der Waals surface area contributed by atoms with Crippen LogP contribution in [-0.2, 0) is 19.1 Å². The number of halogens is 1. The SMILES string of the molecule is C=CCNC(=O)C1(C)COC(c2nc(-c3ccc(F)cc3)c(-c3ccnc(NCC(=O)O)n3)[nH]2)OC1. The maximum Gasteiger partial charge on any atom is 0.322 e. The number of hydrogen-bond acceptors (Lipinski definition) is 8. The van der Waals surface area contributed by atoms with Gasteiger partial charge in [-0.1, -0.05) is 6.08 Å². The van der Waals surface area contributed by atoms with E-state index in [-0.39, 0.29) is 31.6 Å². The predicted octanol–water partition coefficient (Wildman–Crippen LogP) is 2.52. The number of rotatable bonds is 9. The number of carbonyl (C=O) groups is 2. The van der Waals surface area contributed by atoms with Crippen LogP contribution >= 0.6 is 0 Å². The Kier molecular flexibility index (Phi) is 7.36. The minimum Gasteiger partial charge on any atom is -0.480 e. The van der Waals surface area contributed by atoms with Crippen molar-refractivity contribution in [2.45, 2.75) is 13.2 Å². The zero-order chi connectivity index (χ0) is 25.7. The van der Waals surface area contributed by atoms with Crippen LogP contribution in [0.1, 0.15) is 19.0 Å². The van der Waals surface area contributed by atoms with Gasteiger partial charge >= 0.3 is 5.97 Å². The molecule has 1 aliphatic heterocycles. The van der Waals surface area contributed by atoms with E-state index in [1.54, 1.807) is 31.2 Å². The van der Waals surface area contributed by atoms with Gasteiger partial charge in [-0.3, -0.25) is 9.59 Å². The van der Waals surface area contributed by atoms with E-state index in [0.29, 0.717) is 35.0 Å². The Balaban J connectivity index is 1.63. The highest BCUT2D eigenvalue weighted by Gasteiger charge is 2.40. The molecule has 36 heavy (non-hydrogen) atoms. The van der Waals surface area contributed by atoms with Crippen LogP contribution in [0.3, 0.4) is 0 Å². The van der Waals surface area contributed by atoms with Gasteiger partial charge in [0.05, 0.1) is 35.7 Å². The Labute approximate surface area is 205 Å². The molecule has 1 saturated heterocycles. The van der Waals surface area contributed by atoms with Gasteiger partial charge in [-0.2, -0.15) is 0 Å². The van der Waals surface area contributed by atoms with E-state index in [9.17, 15) is 14.0 Å². The molecule has 0 aliphatic carbocycles. The lowest BCUT2D eigenvalue weighted by molar-refractivity contribution is -0.230. The van der Waals surface area contributed by atoms with Crippen LogP contribution in [-0.4, -0.2) is 63.2 Å². The first-order valence-electron chi connectivity index (χ1n) is 11.1. The van der Waals surface area contributed by atoms with Crippen molar-refractivity contribution in [2.24, 2.45) is 5.41 Å². The second-order valence-electron chi connectivity index (χ2n) is 8.38. The lowest BCUT2D eigenvalue weighted by Crippen LogP contribution is -2.48. The quantitative estimate of drug-likeness (QED) is 0.328. The molecule has 11 nitrogen and oxygen atoms in total. The van der Waals surface area contributed by atoms with Crippen molar-refractivity contribution in [3.05, 3.63) is 60.8 Å². The minimum absolute atomic E-state index is 0.0965. The molecule has 0 unspecified atom stereocenters. The summed E-state index contributed by atoms with van der Waals surface area (Å²) in [7, 11) is 0. The van der Waals surface area contributed by atoms with Crippen LogP contribution in [0.25, 0.3) is 22.6 Å². The normalized spacial score (nSPS) is 19.4. The number of benzene rings is 1. The second kappa shape index (κ2) is 10.6. The van der Waals surface area contributed by atoms with Crippen LogP contribution in [0.2, 0.25) is 0 Å². The summed E-state index contributed by atoms with van der Waals surface area (Å²) in [5.74, 6) is -1.22. The molecule has 0 atom stereocenters. The summed E-state index contributed by atoms with van der Waals surface area (Å²) in [4.78, 5) is 39.6. The second-order valence-corrected chi connectivity index (χ2v) is 8.38. The number of H-pyrrole nitrogens is 1. The third-order valence-electron chi connectivity index (χ3n) is 5.43. The standard InChI is InChI=1S/C24H25FN6O5/c1-3-9-26-22(34)24(2)12-35-21(36-13-24)20-30-18(14-4-6-15(25)7-5-14)19(31-20)16-8-10-27-23(29-16)28-11-17(32)33/h3-8,10,21H,1,9,11-13H2,2H3,(H,26,34)(H,30,31)(H,32,33)(H,27,28,29). The molecule has 12 heteroatoms. The van der Waals surface area contributed by atoms with Gasteiger partial charge in [-0.05, 0) is 37.3 Å². The number of anilines is 1. The van der Waals surface area contributed by atoms with Crippen molar-refractivity contribution in [1.82, 2.24) is 25.3 Å². The number of imidazole rings is 1. The molecule has 0 saturated carbocycles. The fourth-order valence-electron chi connectivity index (χ4n) is 3.52. The van der Waals surface area contributed by atoms with Crippen LogP contribution in [0, 0.1) is 11.2 Å². The van der Waals surface area contributed by atoms with Gasteiger partial charge in [0.25, 0.3) is 0 Å². The summed E-state index contributed by atoms with van der Waals surface area (Å²) in [6.07, 6.45) is 2.18. The fraction of sp³-hybridized carbons (Fsp3) is 0.292. The average Bonchev–Trinajstić information content (AvgIpc) is 3.32. The van der Waals surface area contributed by atoms with E-state index >= 15 is 0 Å². The maximum atomic E-state index is 13.6. The van der Waals surface area contributed by atoms with Crippen molar-refractivity contribution in [1.29, 1.82) is 0 Å². The molecule has 188 valence electrons. The van der Waals surface area contributed by atoms with E-state index in [1.165, 1.54) is 18.3 Å². The summed E-state index contributed by atoms with van der Waals surface area (Å²) < 4.78 is 25.3. The number of hydrogen-bond donors (Lipinski definition) is 4. The lowest BCUT2D eigenvalue weighted by Gasteiger charge is -2.35. The number of carboxylic acids is 1. The van der Waals surface area contributed by atoms with Gasteiger partial charge < -0.3 is 30.2 Å². The Morgan fingerprint density at radius 2 is 1.97 bits per heavy atom. The van der Waals surface area contributed by atoms with Gasteiger partial charge in [0.2, 0.25) is 18.1 Å². The minimum atomic E-state index is -1.06. The smallest absolute Gasteiger partial charge is 0.322 e. The van der Waals surface area contributed by atoms with Gasteiger partial charge in [-0.15, -0.1) is 6.58 Å². The molecule has 1 fully saturated rings. The maximum absolute atomic E-state index is 13.6. The zero-order valence-electron chi connectivity index (χ0n) is 19.5. The van der Waals surface area contributed by atoms with Crippen LogP contribution < -0.4 is 10.6 Å². The molecule has 1 aromatic carbocycles. The monoisotopic (exact) mass is 496 g/mol. The molecule has 0 spiro atoms. The Hall–Kier alpha value is -4.16.